The zero-order chi connectivity index (χ0) is 16.2. The summed E-state index contributed by atoms with van der Waals surface area (Å²) in [6.07, 6.45) is 0. The summed E-state index contributed by atoms with van der Waals surface area (Å²) in [6, 6.07) is 15.1. The molecule has 0 bridgehead atoms. The summed E-state index contributed by atoms with van der Waals surface area (Å²) in [4.78, 5) is 0.323. The van der Waals surface area contributed by atoms with Crippen molar-refractivity contribution < 1.29 is 12.8 Å². The highest BCUT2D eigenvalue weighted by Gasteiger charge is 2.35. The Labute approximate surface area is 141 Å². The lowest BCUT2D eigenvalue weighted by molar-refractivity contribution is 0.593. The first-order valence-electron chi connectivity index (χ1n) is 6.97. The molecular weight excluding hydrogens is 381 g/mol. The second kappa shape index (κ2) is 5.04. The molecule has 1 aliphatic rings. The van der Waals surface area contributed by atoms with Gasteiger partial charge in [0.1, 0.15) is 5.82 Å². The molecule has 0 N–H and O–H groups in total. The molecule has 23 heavy (non-hydrogen) atoms. The van der Waals surface area contributed by atoms with Crippen LogP contribution in [0.2, 0.25) is 0 Å². The van der Waals surface area contributed by atoms with E-state index >= 15 is 0 Å². The van der Waals surface area contributed by atoms with Crippen molar-refractivity contribution >= 4 is 42.4 Å². The van der Waals surface area contributed by atoms with Gasteiger partial charge in [0, 0.05) is 9.86 Å². The molecule has 0 unspecified atom stereocenters. The monoisotopic (exact) mass is 391 g/mol. The molecule has 0 aromatic heterocycles. The molecule has 6 heteroatoms. The van der Waals surface area contributed by atoms with E-state index in [9.17, 15) is 12.8 Å². The van der Waals surface area contributed by atoms with E-state index in [4.69, 9.17) is 0 Å². The predicted molar refractivity (Wildman–Crippen MR) is 91.4 cm³/mol. The predicted octanol–water partition coefficient (Wildman–Crippen LogP) is 4.45. The van der Waals surface area contributed by atoms with Crippen LogP contribution in [0.3, 0.4) is 0 Å². The van der Waals surface area contributed by atoms with Crippen molar-refractivity contribution in [3.05, 3.63) is 70.5 Å². The average molecular weight is 392 g/mol. The first kappa shape index (κ1) is 14.7. The van der Waals surface area contributed by atoms with Gasteiger partial charge in [-0.05, 0) is 35.2 Å². The van der Waals surface area contributed by atoms with Crippen LogP contribution in [0.25, 0.3) is 10.8 Å². The molecule has 0 spiro atoms. The van der Waals surface area contributed by atoms with Crippen LogP contribution in [0.1, 0.15) is 5.56 Å². The Morgan fingerprint density at radius 2 is 1.78 bits per heavy atom. The lowest BCUT2D eigenvalue weighted by Gasteiger charge is -2.19. The molecular formula is C17H11BrFNO2S. The number of halogens is 2. The van der Waals surface area contributed by atoms with Gasteiger partial charge in [0.25, 0.3) is 10.0 Å². The maximum absolute atomic E-state index is 13.3. The number of anilines is 1. The second-order valence-corrected chi connectivity index (χ2v) is 8.06. The number of benzene rings is 3. The quantitative estimate of drug-likeness (QED) is 0.646. The molecule has 3 aromatic carbocycles. The molecule has 116 valence electrons. The number of hydrogen-bond acceptors (Lipinski definition) is 2. The summed E-state index contributed by atoms with van der Waals surface area (Å²) in [5.74, 6) is -0.365. The van der Waals surface area contributed by atoms with Crippen LogP contribution in [0.4, 0.5) is 10.1 Å². The molecule has 1 aliphatic heterocycles. The molecule has 0 saturated carbocycles. The van der Waals surface area contributed by atoms with Gasteiger partial charge in [0.2, 0.25) is 0 Å². The zero-order valence-corrected chi connectivity index (χ0v) is 14.2. The van der Waals surface area contributed by atoms with E-state index in [1.54, 1.807) is 24.3 Å². The van der Waals surface area contributed by atoms with Crippen molar-refractivity contribution in [2.45, 2.75) is 11.4 Å². The summed E-state index contributed by atoms with van der Waals surface area (Å²) in [7, 11) is -3.60. The van der Waals surface area contributed by atoms with Crippen LogP contribution in [0.5, 0.6) is 0 Å². The van der Waals surface area contributed by atoms with Crippen LogP contribution in [-0.4, -0.2) is 8.42 Å². The van der Waals surface area contributed by atoms with Gasteiger partial charge in [-0.1, -0.05) is 46.3 Å². The molecule has 1 heterocycles. The van der Waals surface area contributed by atoms with Gasteiger partial charge in [-0.15, -0.1) is 0 Å². The molecule has 4 rings (SSSR count). The van der Waals surface area contributed by atoms with Crippen molar-refractivity contribution in [2.24, 2.45) is 0 Å². The third kappa shape index (κ3) is 2.16. The van der Waals surface area contributed by atoms with Gasteiger partial charge in [-0.2, -0.15) is 0 Å². The number of rotatable bonds is 2. The molecule has 3 nitrogen and oxygen atoms in total. The Hall–Kier alpha value is -1.92. The van der Waals surface area contributed by atoms with Crippen molar-refractivity contribution in [3.8, 4) is 0 Å². The molecule has 0 atom stereocenters. The molecule has 0 saturated heterocycles. The third-order valence-electron chi connectivity index (χ3n) is 4.01. The van der Waals surface area contributed by atoms with Gasteiger partial charge < -0.3 is 0 Å². The van der Waals surface area contributed by atoms with Crippen molar-refractivity contribution in [3.63, 3.8) is 0 Å². The Bertz CT molecular complexity index is 1040. The summed E-state index contributed by atoms with van der Waals surface area (Å²) < 4.78 is 40.9. The minimum absolute atomic E-state index is 0.150. The standard InChI is InChI=1S/C17H11BrFNO2S/c18-14-9-13(19)8-7-12(14)10-20-15-5-1-3-11-4-2-6-16(17(11)15)23(20,21)22/h1-9H,10H2. The Morgan fingerprint density at radius 3 is 2.52 bits per heavy atom. The highest BCUT2D eigenvalue weighted by Crippen LogP contribution is 2.43. The molecule has 0 aliphatic carbocycles. The molecule has 3 aromatic rings. The summed E-state index contributed by atoms with van der Waals surface area (Å²) in [6.45, 7) is 0.150. The van der Waals surface area contributed by atoms with Crippen LogP contribution < -0.4 is 4.31 Å². The van der Waals surface area contributed by atoms with Gasteiger partial charge in [0.15, 0.2) is 0 Å². The van der Waals surface area contributed by atoms with Gasteiger partial charge in [-0.3, -0.25) is 4.31 Å². The van der Waals surface area contributed by atoms with Crippen molar-refractivity contribution in [2.75, 3.05) is 4.31 Å². The second-order valence-electron chi connectivity index (χ2n) is 5.38. The first-order chi connectivity index (χ1) is 11.0. The average Bonchev–Trinajstić information content (AvgIpc) is 2.73. The highest BCUT2D eigenvalue weighted by molar-refractivity contribution is 9.10. The number of sulfonamides is 1. The summed E-state index contributed by atoms with van der Waals surface area (Å²) in [5, 5.41) is 1.64. The van der Waals surface area contributed by atoms with Crippen molar-refractivity contribution in [1.29, 1.82) is 0 Å². The van der Waals surface area contributed by atoms with Crippen LogP contribution >= 0.6 is 15.9 Å². The first-order valence-corrected chi connectivity index (χ1v) is 9.20. The van der Waals surface area contributed by atoms with E-state index in [1.165, 1.54) is 16.4 Å². The van der Waals surface area contributed by atoms with E-state index in [2.05, 4.69) is 15.9 Å². The van der Waals surface area contributed by atoms with Crippen molar-refractivity contribution in [1.82, 2.24) is 0 Å². The fourth-order valence-corrected chi connectivity index (χ4v) is 5.10. The van der Waals surface area contributed by atoms with E-state index in [1.807, 2.05) is 18.2 Å². The molecule has 0 fully saturated rings. The lowest BCUT2D eigenvalue weighted by atomic mass is 10.1. The fraction of sp³-hybridized carbons (Fsp3) is 0.0588. The van der Waals surface area contributed by atoms with Crippen LogP contribution in [-0.2, 0) is 16.6 Å². The van der Waals surface area contributed by atoms with E-state index in [-0.39, 0.29) is 12.4 Å². The molecule has 0 radical (unpaired) electrons. The van der Waals surface area contributed by atoms with Crippen LogP contribution in [0.15, 0.2) is 64.0 Å². The third-order valence-corrected chi connectivity index (χ3v) is 6.55. The fourth-order valence-electron chi connectivity index (χ4n) is 2.93. The number of nitrogens with zero attached hydrogens (tertiary/aromatic N) is 1. The Morgan fingerprint density at radius 1 is 1.04 bits per heavy atom. The highest BCUT2D eigenvalue weighted by atomic mass is 79.9. The lowest BCUT2D eigenvalue weighted by Crippen LogP contribution is -2.26. The van der Waals surface area contributed by atoms with Crippen LogP contribution in [0, 0.1) is 5.82 Å². The maximum atomic E-state index is 13.3. The number of hydrogen-bond donors (Lipinski definition) is 0. The Kier molecular flexibility index (Phi) is 3.21. The Balaban J connectivity index is 1.89. The van der Waals surface area contributed by atoms with Gasteiger partial charge >= 0.3 is 0 Å². The largest absolute Gasteiger partial charge is 0.265 e. The summed E-state index contributed by atoms with van der Waals surface area (Å²) in [5.41, 5.74) is 1.37. The minimum Gasteiger partial charge on any atom is -0.261 e. The minimum atomic E-state index is -3.60. The van der Waals surface area contributed by atoms with E-state index in [0.29, 0.717) is 20.6 Å². The topological polar surface area (TPSA) is 37.4 Å². The smallest absolute Gasteiger partial charge is 0.261 e. The van der Waals surface area contributed by atoms with Gasteiger partial charge in [0.05, 0.1) is 17.1 Å². The SMILES string of the molecule is O=S1(=O)c2cccc3cccc(c23)N1Cc1ccc(F)cc1Br. The van der Waals surface area contributed by atoms with E-state index in [0.717, 1.165) is 10.8 Å². The molecule has 0 amide bonds. The van der Waals surface area contributed by atoms with E-state index < -0.39 is 10.0 Å². The maximum Gasteiger partial charge on any atom is 0.265 e. The normalized spacial score (nSPS) is 15.3. The van der Waals surface area contributed by atoms with Gasteiger partial charge in [-0.25, -0.2) is 12.8 Å². The zero-order valence-electron chi connectivity index (χ0n) is 11.8. The summed E-state index contributed by atoms with van der Waals surface area (Å²) >= 11 is 3.30.